The zero-order valence-corrected chi connectivity index (χ0v) is 21.3. The predicted molar refractivity (Wildman–Crippen MR) is 141 cm³/mol. The maximum atomic E-state index is 12.7. The van der Waals surface area contributed by atoms with Crippen LogP contribution in [0.3, 0.4) is 0 Å². The number of nitrogens with zero attached hydrogens (tertiary/aromatic N) is 4. The minimum absolute atomic E-state index is 0.106. The summed E-state index contributed by atoms with van der Waals surface area (Å²) in [5, 5.41) is 8.97. The van der Waals surface area contributed by atoms with Crippen LogP contribution in [0, 0.1) is 0 Å². The molecule has 0 saturated carbocycles. The van der Waals surface area contributed by atoms with Crippen LogP contribution in [0.2, 0.25) is 10.0 Å². The average Bonchev–Trinajstić information content (AvgIpc) is 3.57. The Morgan fingerprint density at radius 3 is 2.53 bits per heavy atom. The Bertz CT molecular complexity index is 1310. The van der Waals surface area contributed by atoms with E-state index in [-0.39, 0.29) is 12.5 Å². The first-order valence-corrected chi connectivity index (χ1v) is 12.6. The summed E-state index contributed by atoms with van der Waals surface area (Å²) in [7, 11) is 0. The average molecular weight is 524 g/mol. The van der Waals surface area contributed by atoms with Gasteiger partial charge in [0.1, 0.15) is 5.69 Å². The number of nitrogens with one attached hydrogen (secondary N) is 1. The summed E-state index contributed by atoms with van der Waals surface area (Å²) in [4.78, 5) is 16.9. The number of amides is 1. The van der Waals surface area contributed by atoms with E-state index < -0.39 is 0 Å². The second-order valence-electron chi connectivity index (χ2n) is 8.81. The van der Waals surface area contributed by atoms with Gasteiger partial charge in [0.15, 0.2) is 5.76 Å². The summed E-state index contributed by atoms with van der Waals surface area (Å²) >= 11 is 12.1. The highest BCUT2D eigenvalue weighted by molar-refractivity contribution is 6.42. The molecule has 1 fully saturated rings. The fourth-order valence-electron chi connectivity index (χ4n) is 4.26. The van der Waals surface area contributed by atoms with Crippen LogP contribution in [0.15, 0.2) is 77.5 Å². The van der Waals surface area contributed by atoms with Gasteiger partial charge >= 0.3 is 0 Å². The van der Waals surface area contributed by atoms with Gasteiger partial charge in [-0.15, -0.1) is 0 Å². The van der Waals surface area contributed by atoms with Gasteiger partial charge in [-0.05, 0) is 42.0 Å². The van der Waals surface area contributed by atoms with Crippen molar-refractivity contribution in [3.8, 4) is 17.1 Å². The lowest BCUT2D eigenvalue weighted by molar-refractivity contribution is -0.132. The SMILES string of the molecule is O=C(CNCc1coc(-c2ccn(-c3ccccc3)n2)c1)N1CCN(Cc2ccc(Cl)c(Cl)c2)CC1. The molecule has 1 amide bonds. The zero-order valence-electron chi connectivity index (χ0n) is 19.7. The molecule has 3 heterocycles. The Morgan fingerprint density at radius 2 is 1.75 bits per heavy atom. The fraction of sp³-hybridized carbons (Fsp3) is 0.259. The number of benzene rings is 2. The number of aromatic nitrogens is 2. The van der Waals surface area contributed by atoms with Crippen molar-refractivity contribution in [3.05, 3.63) is 94.3 Å². The van der Waals surface area contributed by atoms with E-state index in [1.807, 2.05) is 76.4 Å². The Balaban J connectivity index is 1.06. The van der Waals surface area contributed by atoms with Crippen molar-refractivity contribution < 1.29 is 9.21 Å². The molecule has 1 saturated heterocycles. The Kier molecular flexibility index (Phi) is 7.72. The summed E-state index contributed by atoms with van der Waals surface area (Å²) in [5.41, 5.74) is 3.85. The number of hydrogen-bond acceptors (Lipinski definition) is 5. The molecule has 0 spiro atoms. The van der Waals surface area contributed by atoms with Crippen LogP contribution in [0.5, 0.6) is 0 Å². The van der Waals surface area contributed by atoms with E-state index in [0.717, 1.165) is 42.1 Å². The highest BCUT2D eigenvalue weighted by Gasteiger charge is 2.21. The molecule has 2 aromatic carbocycles. The van der Waals surface area contributed by atoms with Gasteiger partial charge < -0.3 is 14.6 Å². The van der Waals surface area contributed by atoms with E-state index in [2.05, 4.69) is 15.3 Å². The summed E-state index contributed by atoms with van der Waals surface area (Å²) in [6.45, 7) is 4.70. The van der Waals surface area contributed by atoms with Crippen molar-refractivity contribution >= 4 is 29.1 Å². The number of carbonyl (C=O) groups is 1. The van der Waals surface area contributed by atoms with Gasteiger partial charge in [-0.1, -0.05) is 47.5 Å². The molecular formula is C27H27Cl2N5O2. The summed E-state index contributed by atoms with van der Waals surface area (Å²) < 4.78 is 7.53. The number of hydrogen-bond donors (Lipinski definition) is 1. The van der Waals surface area contributed by atoms with Gasteiger partial charge in [-0.2, -0.15) is 5.10 Å². The summed E-state index contributed by atoms with van der Waals surface area (Å²) in [6, 6.07) is 19.5. The van der Waals surface area contributed by atoms with Crippen molar-refractivity contribution in [1.29, 1.82) is 0 Å². The largest absolute Gasteiger partial charge is 0.462 e. The number of para-hydroxylation sites is 1. The summed E-state index contributed by atoms with van der Waals surface area (Å²) in [6.07, 6.45) is 3.62. The van der Waals surface area contributed by atoms with Crippen LogP contribution in [-0.4, -0.2) is 58.2 Å². The molecule has 0 bridgehead atoms. The molecule has 1 aliphatic rings. The molecule has 1 N–H and O–H groups in total. The first-order valence-electron chi connectivity index (χ1n) is 11.9. The van der Waals surface area contributed by atoms with E-state index in [0.29, 0.717) is 35.4 Å². The maximum Gasteiger partial charge on any atom is 0.236 e. The van der Waals surface area contributed by atoms with Gasteiger partial charge in [0.2, 0.25) is 5.91 Å². The van der Waals surface area contributed by atoms with Crippen molar-refractivity contribution in [2.45, 2.75) is 13.1 Å². The first kappa shape index (κ1) is 24.6. The van der Waals surface area contributed by atoms with E-state index in [4.69, 9.17) is 27.6 Å². The maximum absolute atomic E-state index is 12.7. The highest BCUT2D eigenvalue weighted by atomic mass is 35.5. The minimum Gasteiger partial charge on any atom is -0.462 e. The molecule has 0 unspecified atom stereocenters. The molecule has 7 nitrogen and oxygen atoms in total. The Hall–Kier alpha value is -3.10. The van der Waals surface area contributed by atoms with E-state index in [1.165, 1.54) is 0 Å². The molecule has 0 atom stereocenters. The highest BCUT2D eigenvalue weighted by Crippen LogP contribution is 2.24. The van der Waals surface area contributed by atoms with Gasteiger partial charge in [0.05, 0.1) is 28.5 Å². The molecule has 0 aliphatic carbocycles. The summed E-state index contributed by atoms with van der Waals surface area (Å²) in [5.74, 6) is 0.806. The third-order valence-corrected chi connectivity index (χ3v) is 6.98. The van der Waals surface area contributed by atoms with Crippen LogP contribution >= 0.6 is 23.2 Å². The molecule has 0 radical (unpaired) electrons. The topological polar surface area (TPSA) is 66.5 Å². The molecule has 2 aromatic heterocycles. The lowest BCUT2D eigenvalue weighted by Gasteiger charge is -2.34. The number of rotatable bonds is 8. The molecule has 5 rings (SSSR count). The zero-order chi connectivity index (χ0) is 24.9. The third kappa shape index (κ3) is 5.99. The lowest BCUT2D eigenvalue weighted by atomic mass is 10.2. The fourth-order valence-corrected chi connectivity index (χ4v) is 4.58. The van der Waals surface area contributed by atoms with Crippen LogP contribution in [0.1, 0.15) is 11.1 Å². The van der Waals surface area contributed by atoms with Crippen LogP contribution in [-0.2, 0) is 17.9 Å². The van der Waals surface area contributed by atoms with Gasteiger partial charge in [0.25, 0.3) is 0 Å². The van der Waals surface area contributed by atoms with E-state index >= 15 is 0 Å². The molecule has 4 aromatic rings. The number of halogens is 2. The van der Waals surface area contributed by atoms with Crippen LogP contribution in [0.4, 0.5) is 0 Å². The number of carbonyl (C=O) groups excluding carboxylic acids is 1. The van der Waals surface area contributed by atoms with Crippen molar-refractivity contribution in [3.63, 3.8) is 0 Å². The monoisotopic (exact) mass is 523 g/mol. The second kappa shape index (κ2) is 11.3. The Labute approximate surface area is 220 Å². The van der Waals surface area contributed by atoms with E-state index in [9.17, 15) is 4.79 Å². The van der Waals surface area contributed by atoms with Crippen LogP contribution in [0.25, 0.3) is 17.1 Å². The van der Waals surface area contributed by atoms with Gasteiger partial charge in [-0.3, -0.25) is 9.69 Å². The number of piperazine rings is 1. The molecule has 186 valence electrons. The van der Waals surface area contributed by atoms with Gasteiger partial charge in [-0.25, -0.2) is 4.68 Å². The Morgan fingerprint density at radius 1 is 0.944 bits per heavy atom. The normalized spacial score (nSPS) is 14.3. The predicted octanol–water partition coefficient (Wildman–Crippen LogP) is 4.87. The van der Waals surface area contributed by atoms with E-state index in [1.54, 1.807) is 6.26 Å². The lowest BCUT2D eigenvalue weighted by Crippen LogP contribution is -2.50. The minimum atomic E-state index is 0.106. The molecular weight excluding hydrogens is 497 g/mol. The second-order valence-corrected chi connectivity index (χ2v) is 9.62. The third-order valence-electron chi connectivity index (χ3n) is 6.24. The van der Waals surface area contributed by atoms with Crippen molar-refractivity contribution in [2.24, 2.45) is 0 Å². The smallest absolute Gasteiger partial charge is 0.236 e. The van der Waals surface area contributed by atoms with Crippen molar-refractivity contribution in [1.82, 2.24) is 24.9 Å². The molecule has 9 heteroatoms. The quantitative estimate of drug-likeness (QED) is 0.356. The van der Waals surface area contributed by atoms with Gasteiger partial charge in [0, 0.05) is 51.0 Å². The van der Waals surface area contributed by atoms with Crippen molar-refractivity contribution in [2.75, 3.05) is 32.7 Å². The van der Waals surface area contributed by atoms with Crippen LogP contribution < -0.4 is 5.32 Å². The molecule has 1 aliphatic heterocycles. The standard InChI is InChI=1S/C27H27Cl2N5O2/c28-23-7-6-20(14-24(23)29)18-32-10-12-33(13-11-32)27(35)17-30-16-21-15-26(36-19-21)25-8-9-34(31-25)22-4-2-1-3-5-22/h1-9,14-15,19,30H,10-13,16-18H2. The first-order chi connectivity index (χ1) is 17.5. The number of furan rings is 1. The molecule has 36 heavy (non-hydrogen) atoms.